The van der Waals surface area contributed by atoms with Gasteiger partial charge in [0.05, 0.1) is 16.4 Å². The van der Waals surface area contributed by atoms with E-state index in [4.69, 9.17) is 16.3 Å². The van der Waals surface area contributed by atoms with Gasteiger partial charge in [0.2, 0.25) is 16.5 Å². The molecule has 1 atom stereocenters. The van der Waals surface area contributed by atoms with Crippen molar-refractivity contribution in [3.63, 3.8) is 0 Å². The van der Waals surface area contributed by atoms with E-state index in [1.165, 1.54) is 64.2 Å². The lowest BCUT2D eigenvalue weighted by molar-refractivity contribution is -0.384. The van der Waals surface area contributed by atoms with Crippen LogP contribution in [0.2, 0.25) is 0 Å². The Morgan fingerprint density at radius 2 is 1.45 bits per heavy atom. The van der Waals surface area contributed by atoms with E-state index in [-0.39, 0.29) is 23.7 Å². The first-order valence-electron chi connectivity index (χ1n) is 13.2. The average Bonchev–Trinajstić information content (AvgIpc) is 2.93. The maximum atomic E-state index is 12.1. The molecule has 0 bridgehead atoms. The molecule has 210 valence electrons. The lowest BCUT2D eigenvalue weighted by atomic mass is 9.91. The average molecular weight is 584 g/mol. The monoisotopic (exact) mass is 583 g/mol. The van der Waals surface area contributed by atoms with Crippen LogP contribution in [0.1, 0.15) is 64.2 Å². The molecule has 0 aliphatic heterocycles. The number of benzene rings is 2. The van der Waals surface area contributed by atoms with Crippen molar-refractivity contribution in [3.05, 3.63) is 64.7 Å². The van der Waals surface area contributed by atoms with Crippen molar-refractivity contribution in [1.29, 1.82) is 0 Å². The topological polar surface area (TPSA) is 131 Å². The van der Waals surface area contributed by atoms with Crippen molar-refractivity contribution in [2.24, 2.45) is 0 Å². The van der Waals surface area contributed by atoms with Gasteiger partial charge in [-0.25, -0.2) is 13.1 Å². The molecule has 2 aliphatic carbocycles. The molecular weight excluding hydrogens is 545 g/mol. The number of nitro benzene ring substituents is 1. The van der Waals surface area contributed by atoms with Gasteiger partial charge in [0, 0.05) is 36.1 Å². The molecular formula is C26H38N3O6PS2. The Balaban J connectivity index is 0.000000256. The molecule has 2 fully saturated rings. The minimum atomic E-state index is -3.84. The van der Waals surface area contributed by atoms with Crippen LogP contribution in [0, 0.1) is 10.1 Å². The molecule has 2 saturated carbocycles. The first kappa shape index (κ1) is 30.8. The lowest BCUT2D eigenvalue weighted by Gasteiger charge is -2.30. The second kappa shape index (κ2) is 15.2. The van der Waals surface area contributed by atoms with Crippen LogP contribution in [0.3, 0.4) is 0 Å². The van der Waals surface area contributed by atoms with Crippen molar-refractivity contribution < 1.29 is 22.8 Å². The van der Waals surface area contributed by atoms with E-state index >= 15 is 0 Å². The van der Waals surface area contributed by atoms with Crippen LogP contribution in [-0.4, -0.2) is 43.5 Å². The van der Waals surface area contributed by atoms with Crippen LogP contribution in [0.15, 0.2) is 59.5 Å². The maximum Gasteiger partial charge on any atom is 0.269 e. The van der Waals surface area contributed by atoms with Crippen LogP contribution in [0.25, 0.3) is 0 Å². The zero-order valence-electron chi connectivity index (χ0n) is 21.5. The quantitative estimate of drug-likeness (QED) is 0.158. The zero-order chi connectivity index (χ0) is 27.4. The number of hydrogen-bond acceptors (Lipinski definition) is 7. The molecule has 2 aromatic carbocycles. The summed E-state index contributed by atoms with van der Waals surface area (Å²) in [5, 5.41) is 14.9. The first-order valence-corrected chi connectivity index (χ1v) is 17.4. The molecule has 4 rings (SSSR count). The van der Waals surface area contributed by atoms with E-state index in [9.17, 15) is 23.4 Å². The largest absolute Gasteiger partial charge is 0.342 e. The van der Waals surface area contributed by atoms with Crippen LogP contribution in [0.4, 0.5) is 5.69 Å². The Morgan fingerprint density at radius 1 is 0.921 bits per heavy atom. The van der Waals surface area contributed by atoms with Crippen LogP contribution in [-0.2, 0) is 26.4 Å². The smallest absolute Gasteiger partial charge is 0.269 e. The number of sulfonamides is 1. The lowest BCUT2D eigenvalue weighted by Crippen LogP contribution is -2.40. The summed E-state index contributed by atoms with van der Waals surface area (Å²) < 4.78 is 31.7. The first-order chi connectivity index (χ1) is 18.2. The summed E-state index contributed by atoms with van der Waals surface area (Å²) in [4.78, 5) is 20.0. The minimum Gasteiger partial charge on any atom is -0.342 e. The highest BCUT2D eigenvalue weighted by atomic mass is 32.5. The van der Waals surface area contributed by atoms with Gasteiger partial charge in [0.15, 0.2) is 0 Å². The molecule has 12 heteroatoms. The Morgan fingerprint density at radius 3 is 1.95 bits per heavy atom. The Kier molecular flexibility index (Phi) is 12.3. The molecule has 2 aromatic rings. The highest BCUT2D eigenvalue weighted by Gasteiger charge is 2.20. The second-order valence-electron chi connectivity index (χ2n) is 9.67. The van der Waals surface area contributed by atoms with Gasteiger partial charge in [-0.15, -0.1) is 0 Å². The molecule has 0 aromatic heterocycles. The van der Waals surface area contributed by atoms with Crippen LogP contribution >= 0.6 is 6.49 Å². The van der Waals surface area contributed by atoms with Gasteiger partial charge < -0.3 is 14.7 Å². The van der Waals surface area contributed by atoms with Crippen molar-refractivity contribution >= 4 is 39.3 Å². The second-order valence-corrected chi connectivity index (χ2v) is 14.7. The SMILES string of the molecule is C1CCC(NC2CCCCC2)CC1.O=[N+]([O-])c1ccc(S(=O)(=O)NCCOP(O)(=S)c2ccccc2)cc1. The van der Waals surface area contributed by atoms with Crippen LogP contribution in [0.5, 0.6) is 0 Å². The Bertz CT molecular complexity index is 1140. The van der Waals surface area contributed by atoms with E-state index in [2.05, 4.69) is 10.0 Å². The van der Waals surface area contributed by atoms with Crippen LogP contribution < -0.4 is 15.3 Å². The van der Waals surface area contributed by atoms with E-state index in [0.717, 1.165) is 36.3 Å². The van der Waals surface area contributed by atoms with Gasteiger partial charge in [-0.05, 0) is 61.8 Å². The van der Waals surface area contributed by atoms with Crippen molar-refractivity contribution in [2.75, 3.05) is 13.2 Å². The maximum absolute atomic E-state index is 12.1. The van der Waals surface area contributed by atoms with Gasteiger partial charge in [-0.3, -0.25) is 10.1 Å². The minimum absolute atomic E-state index is 0.106. The number of nitrogens with one attached hydrogen (secondary N) is 2. The third-order valence-corrected chi connectivity index (χ3v) is 10.7. The predicted molar refractivity (Wildman–Crippen MR) is 154 cm³/mol. The van der Waals surface area contributed by atoms with Crippen molar-refractivity contribution in [3.8, 4) is 0 Å². The summed E-state index contributed by atoms with van der Waals surface area (Å²) in [5.74, 6) is 0. The van der Waals surface area contributed by atoms with E-state index in [1.54, 1.807) is 30.3 Å². The third-order valence-electron chi connectivity index (χ3n) is 6.78. The molecule has 0 heterocycles. The predicted octanol–water partition coefficient (Wildman–Crippen LogP) is 4.76. The molecule has 9 nitrogen and oxygen atoms in total. The van der Waals surface area contributed by atoms with Crippen molar-refractivity contribution in [1.82, 2.24) is 10.0 Å². The highest BCUT2D eigenvalue weighted by molar-refractivity contribution is 8.13. The summed E-state index contributed by atoms with van der Waals surface area (Å²) in [6.45, 7) is -3.42. The van der Waals surface area contributed by atoms with Gasteiger partial charge in [-0.2, -0.15) is 0 Å². The number of rotatable bonds is 10. The molecule has 0 saturated heterocycles. The standard InChI is InChI=1S/C14H15N2O6PS2.C12H23N/c17-16(18)12-6-8-14(9-7-12)25(20,21)15-10-11-22-23(19,24)13-4-2-1-3-5-13;1-3-7-11(8-4-1)13-12-9-5-2-6-10-12/h1-9,15H,10-11H2,(H,19,24);11-13H,1-10H2. The summed E-state index contributed by atoms with van der Waals surface area (Å²) in [7, 11) is -3.84. The molecule has 2 aliphatic rings. The fourth-order valence-corrected chi connectivity index (χ4v) is 7.38. The zero-order valence-corrected chi connectivity index (χ0v) is 24.1. The van der Waals surface area contributed by atoms with Gasteiger partial charge in [0.1, 0.15) is 0 Å². The number of nitro groups is 1. The number of nitrogens with zero attached hydrogens (tertiary/aromatic N) is 1. The molecule has 0 spiro atoms. The van der Waals surface area contributed by atoms with Crippen molar-refractivity contribution in [2.45, 2.75) is 81.2 Å². The molecule has 3 N–H and O–H groups in total. The Labute approximate surface area is 230 Å². The molecule has 38 heavy (non-hydrogen) atoms. The summed E-state index contributed by atoms with van der Waals surface area (Å²) in [6.07, 6.45) is 14.6. The van der Waals surface area contributed by atoms with Gasteiger partial charge in [-0.1, -0.05) is 56.7 Å². The Hall–Kier alpha value is -1.72. The molecule has 0 radical (unpaired) electrons. The van der Waals surface area contributed by atoms with E-state index < -0.39 is 21.4 Å². The van der Waals surface area contributed by atoms with Gasteiger partial charge >= 0.3 is 0 Å². The summed E-state index contributed by atoms with van der Waals surface area (Å²) in [6, 6.07) is 14.7. The fourth-order valence-electron chi connectivity index (χ4n) is 4.74. The van der Waals surface area contributed by atoms with E-state index in [1.807, 2.05) is 0 Å². The van der Waals surface area contributed by atoms with Gasteiger partial charge in [0.25, 0.3) is 5.69 Å². The number of non-ortho nitro benzene ring substituents is 1. The summed E-state index contributed by atoms with van der Waals surface area (Å²) in [5.41, 5.74) is -0.203. The molecule has 0 amide bonds. The number of hydrogen-bond donors (Lipinski definition) is 3. The van der Waals surface area contributed by atoms with E-state index in [0.29, 0.717) is 5.30 Å². The molecule has 1 unspecified atom stereocenters. The third kappa shape index (κ3) is 10.1. The highest BCUT2D eigenvalue weighted by Crippen LogP contribution is 2.40. The summed E-state index contributed by atoms with van der Waals surface area (Å²) >= 11 is 5.05. The normalized spacial score (nSPS) is 18.7. The fraction of sp³-hybridized carbons (Fsp3) is 0.538.